The number of carbonyl (C=O) groups is 1. The number of anilines is 2. The van der Waals surface area contributed by atoms with Crippen LogP contribution >= 0.6 is 0 Å². The number of nitrogen functional groups attached to an aromatic ring is 1. The summed E-state index contributed by atoms with van der Waals surface area (Å²) in [6.45, 7) is 5.51. The highest BCUT2D eigenvalue weighted by atomic mass is 19.1. The van der Waals surface area contributed by atoms with Crippen LogP contribution in [-0.4, -0.2) is 13.0 Å². The van der Waals surface area contributed by atoms with Gasteiger partial charge in [0.25, 0.3) is 5.91 Å². The van der Waals surface area contributed by atoms with Crippen LogP contribution in [0.4, 0.5) is 15.8 Å². The van der Waals surface area contributed by atoms with Crippen molar-refractivity contribution in [3.63, 3.8) is 0 Å². The molecule has 2 N–H and O–H groups in total. The van der Waals surface area contributed by atoms with E-state index in [9.17, 15) is 9.18 Å². The molecular formula is C17H19FN2O. The first-order chi connectivity index (χ1) is 9.79. The van der Waals surface area contributed by atoms with Crippen LogP contribution in [0.15, 0.2) is 30.3 Å². The minimum absolute atomic E-state index is 0.00541. The van der Waals surface area contributed by atoms with Crippen molar-refractivity contribution in [1.82, 2.24) is 0 Å². The normalized spacial score (nSPS) is 10.5. The fourth-order valence-corrected chi connectivity index (χ4v) is 2.40. The van der Waals surface area contributed by atoms with Crippen LogP contribution in [0.3, 0.4) is 0 Å². The molecule has 3 nitrogen and oxygen atoms in total. The largest absolute Gasteiger partial charge is 0.399 e. The van der Waals surface area contributed by atoms with E-state index in [-0.39, 0.29) is 5.56 Å². The van der Waals surface area contributed by atoms with Gasteiger partial charge in [0.2, 0.25) is 0 Å². The molecule has 2 aromatic carbocycles. The predicted molar refractivity (Wildman–Crippen MR) is 84.2 cm³/mol. The van der Waals surface area contributed by atoms with Gasteiger partial charge in [-0.2, -0.15) is 0 Å². The molecule has 0 heterocycles. The molecule has 110 valence electrons. The summed E-state index contributed by atoms with van der Waals surface area (Å²) in [7, 11) is 1.63. The quantitative estimate of drug-likeness (QED) is 0.857. The summed E-state index contributed by atoms with van der Waals surface area (Å²) < 4.78 is 14.2. The number of nitrogens with two attached hydrogens (primary N) is 1. The number of halogens is 1. The van der Waals surface area contributed by atoms with Crippen LogP contribution in [0.2, 0.25) is 0 Å². The van der Waals surface area contributed by atoms with Gasteiger partial charge in [-0.05, 0) is 61.7 Å². The lowest BCUT2D eigenvalue weighted by Crippen LogP contribution is -2.27. The molecular weight excluding hydrogens is 267 g/mol. The molecule has 0 aliphatic carbocycles. The summed E-state index contributed by atoms with van der Waals surface area (Å²) in [4.78, 5) is 14.0. The van der Waals surface area contributed by atoms with Gasteiger partial charge in [0, 0.05) is 18.4 Å². The van der Waals surface area contributed by atoms with Gasteiger partial charge in [-0.15, -0.1) is 0 Å². The number of hydrogen-bond acceptors (Lipinski definition) is 2. The van der Waals surface area contributed by atoms with Crippen molar-refractivity contribution in [2.75, 3.05) is 17.7 Å². The third kappa shape index (κ3) is 3.05. The SMILES string of the molecule is Cc1cc(C)cc(N(C)C(=O)c2cc(N)cc(C)c2F)c1. The van der Waals surface area contributed by atoms with Crippen molar-refractivity contribution in [3.8, 4) is 0 Å². The Bertz CT molecular complexity index is 690. The van der Waals surface area contributed by atoms with Crippen LogP contribution in [0, 0.1) is 26.6 Å². The third-order valence-corrected chi connectivity index (χ3v) is 3.41. The average Bonchev–Trinajstić information content (AvgIpc) is 2.40. The zero-order valence-corrected chi connectivity index (χ0v) is 12.7. The Balaban J connectivity index is 2.44. The number of nitrogens with zero attached hydrogens (tertiary/aromatic N) is 1. The van der Waals surface area contributed by atoms with Crippen molar-refractivity contribution >= 4 is 17.3 Å². The summed E-state index contributed by atoms with van der Waals surface area (Å²) in [5.74, 6) is -0.932. The Labute approximate surface area is 124 Å². The number of benzene rings is 2. The molecule has 0 saturated heterocycles. The Morgan fingerprint density at radius 3 is 2.19 bits per heavy atom. The van der Waals surface area contributed by atoms with Crippen LogP contribution in [0.25, 0.3) is 0 Å². The second kappa shape index (κ2) is 5.56. The van der Waals surface area contributed by atoms with Gasteiger partial charge in [-0.25, -0.2) is 4.39 Å². The van der Waals surface area contributed by atoms with Crippen LogP contribution < -0.4 is 10.6 Å². The molecule has 0 saturated carbocycles. The van der Waals surface area contributed by atoms with Gasteiger partial charge in [-0.3, -0.25) is 4.79 Å². The summed E-state index contributed by atoms with van der Waals surface area (Å²) in [6.07, 6.45) is 0. The molecule has 0 radical (unpaired) electrons. The van der Waals surface area contributed by atoms with E-state index in [1.807, 2.05) is 32.0 Å². The molecule has 0 atom stereocenters. The van der Waals surface area contributed by atoms with E-state index in [1.54, 1.807) is 14.0 Å². The Morgan fingerprint density at radius 2 is 1.62 bits per heavy atom. The van der Waals surface area contributed by atoms with E-state index in [0.29, 0.717) is 11.3 Å². The average molecular weight is 286 g/mol. The standard InChI is InChI=1S/C17H19FN2O/c1-10-5-11(2)7-14(6-10)20(4)17(21)15-9-13(19)8-12(3)16(15)18/h5-9H,19H2,1-4H3. The topological polar surface area (TPSA) is 46.3 Å². The first kappa shape index (κ1) is 15.0. The number of carbonyl (C=O) groups excluding carboxylic acids is 1. The fourth-order valence-electron chi connectivity index (χ4n) is 2.40. The Hall–Kier alpha value is -2.36. The molecule has 0 unspecified atom stereocenters. The summed E-state index contributed by atoms with van der Waals surface area (Å²) >= 11 is 0. The lowest BCUT2D eigenvalue weighted by atomic mass is 10.1. The summed E-state index contributed by atoms with van der Waals surface area (Å²) in [5.41, 5.74) is 9.29. The second-order valence-electron chi connectivity index (χ2n) is 5.41. The minimum atomic E-state index is -0.523. The molecule has 2 aromatic rings. The highest BCUT2D eigenvalue weighted by Crippen LogP contribution is 2.23. The van der Waals surface area contributed by atoms with Gasteiger partial charge in [0.15, 0.2) is 0 Å². The molecule has 1 amide bonds. The lowest BCUT2D eigenvalue weighted by molar-refractivity contribution is 0.0989. The number of aryl methyl sites for hydroxylation is 3. The van der Waals surface area contributed by atoms with E-state index in [2.05, 4.69) is 0 Å². The van der Waals surface area contributed by atoms with E-state index < -0.39 is 11.7 Å². The maximum Gasteiger partial charge on any atom is 0.261 e. The number of hydrogen-bond donors (Lipinski definition) is 1. The smallest absolute Gasteiger partial charge is 0.261 e. The van der Waals surface area contributed by atoms with E-state index >= 15 is 0 Å². The fraction of sp³-hybridized carbons (Fsp3) is 0.235. The number of rotatable bonds is 2. The maximum atomic E-state index is 14.2. The highest BCUT2D eigenvalue weighted by molar-refractivity contribution is 6.06. The molecule has 0 aromatic heterocycles. The number of amides is 1. The van der Waals surface area contributed by atoms with Crippen molar-refractivity contribution in [1.29, 1.82) is 0 Å². The third-order valence-electron chi connectivity index (χ3n) is 3.41. The molecule has 0 spiro atoms. The lowest BCUT2D eigenvalue weighted by Gasteiger charge is -2.19. The zero-order chi connectivity index (χ0) is 15.7. The van der Waals surface area contributed by atoms with Crippen molar-refractivity contribution in [2.24, 2.45) is 0 Å². The highest BCUT2D eigenvalue weighted by Gasteiger charge is 2.19. The van der Waals surface area contributed by atoms with Crippen LogP contribution in [-0.2, 0) is 0 Å². The zero-order valence-electron chi connectivity index (χ0n) is 12.7. The first-order valence-corrected chi connectivity index (χ1v) is 6.71. The van der Waals surface area contributed by atoms with E-state index in [4.69, 9.17) is 5.73 Å². The molecule has 2 rings (SSSR count). The summed E-state index contributed by atoms with van der Waals surface area (Å²) in [6, 6.07) is 8.70. The Morgan fingerprint density at radius 1 is 1.05 bits per heavy atom. The van der Waals surface area contributed by atoms with Gasteiger partial charge < -0.3 is 10.6 Å². The monoisotopic (exact) mass is 286 g/mol. The van der Waals surface area contributed by atoms with E-state index in [1.165, 1.54) is 17.0 Å². The van der Waals surface area contributed by atoms with Crippen molar-refractivity contribution < 1.29 is 9.18 Å². The molecule has 0 fully saturated rings. The minimum Gasteiger partial charge on any atom is -0.399 e. The maximum absolute atomic E-state index is 14.2. The van der Waals surface area contributed by atoms with Gasteiger partial charge in [0.05, 0.1) is 5.56 Å². The van der Waals surface area contributed by atoms with Crippen molar-refractivity contribution in [2.45, 2.75) is 20.8 Å². The van der Waals surface area contributed by atoms with Gasteiger partial charge in [-0.1, -0.05) is 6.07 Å². The van der Waals surface area contributed by atoms with Gasteiger partial charge >= 0.3 is 0 Å². The molecule has 0 bridgehead atoms. The molecule has 4 heteroatoms. The Kier molecular flexibility index (Phi) is 3.98. The molecule has 0 aliphatic rings. The van der Waals surface area contributed by atoms with Gasteiger partial charge in [0.1, 0.15) is 5.82 Å². The van der Waals surface area contributed by atoms with E-state index in [0.717, 1.165) is 16.8 Å². The van der Waals surface area contributed by atoms with Crippen LogP contribution in [0.5, 0.6) is 0 Å². The first-order valence-electron chi connectivity index (χ1n) is 6.71. The summed E-state index contributed by atoms with van der Waals surface area (Å²) in [5, 5.41) is 0. The molecule has 0 aliphatic heterocycles. The molecule has 21 heavy (non-hydrogen) atoms. The predicted octanol–water partition coefficient (Wildman–Crippen LogP) is 3.61. The van der Waals surface area contributed by atoms with Crippen LogP contribution in [0.1, 0.15) is 27.0 Å². The second-order valence-corrected chi connectivity index (χ2v) is 5.41. The van der Waals surface area contributed by atoms with Crippen molar-refractivity contribution in [3.05, 3.63) is 58.4 Å².